The number of hydrogen-bond acceptors (Lipinski definition) is 6. The summed E-state index contributed by atoms with van der Waals surface area (Å²) in [5.74, 6) is -0.429. The van der Waals surface area contributed by atoms with Crippen LogP contribution in [0.4, 0.5) is 0 Å². The zero-order valence-corrected chi connectivity index (χ0v) is 18.0. The maximum atomic E-state index is 12.8. The van der Waals surface area contributed by atoms with Crippen LogP contribution in [0.2, 0.25) is 5.15 Å². The number of halogens is 1. The van der Waals surface area contributed by atoms with Crippen LogP contribution in [0.1, 0.15) is 25.7 Å². The lowest BCUT2D eigenvalue weighted by Gasteiger charge is -2.32. The molecule has 8 nitrogen and oxygen atoms in total. The van der Waals surface area contributed by atoms with Gasteiger partial charge in [0.2, 0.25) is 11.8 Å². The minimum absolute atomic E-state index is 0.00235. The second-order valence-corrected chi connectivity index (χ2v) is 10.7. The number of carbonyl (C=O) groups is 2. The van der Waals surface area contributed by atoms with Crippen LogP contribution in [0.5, 0.6) is 0 Å². The van der Waals surface area contributed by atoms with Crippen LogP contribution in [0.3, 0.4) is 0 Å². The molecule has 2 aromatic rings. The van der Waals surface area contributed by atoms with Gasteiger partial charge in [0.25, 0.3) is 10.0 Å². The number of aromatic nitrogens is 1. The third kappa shape index (κ3) is 4.40. The number of likely N-dealkylation sites (tertiary alicyclic amines) is 2. The lowest BCUT2D eigenvalue weighted by atomic mass is 10.1. The molecule has 0 aliphatic carbocycles. The van der Waals surface area contributed by atoms with Crippen molar-refractivity contribution in [2.24, 2.45) is 0 Å². The first-order valence-electron chi connectivity index (χ1n) is 9.48. The third-order valence-electron chi connectivity index (χ3n) is 5.19. The molecular formula is C18H21ClN4O4S2. The summed E-state index contributed by atoms with van der Waals surface area (Å²) in [4.78, 5) is 32.5. The van der Waals surface area contributed by atoms with Gasteiger partial charge < -0.3 is 9.80 Å². The van der Waals surface area contributed by atoms with Crippen molar-refractivity contribution in [2.45, 2.75) is 35.9 Å². The van der Waals surface area contributed by atoms with Gasteiger partial charge in [-0.25, -0.2) is 13.4 Å². The van der Waals surface area contributed by atoms with E-state index in [0.29, 0.717) is 29.6 Å². The Morgan fingerprint density at radius 2 is 2.00 bits per heavy atom. The highest BCUT2D eigenvalue weighted by Crippen LogP contribution is 2.29. The third-order valence-corrected chi connectivity index (χ3v) is 8.44. The highest BCUT2D eigenvalue weighted by atomic mass is 35.5. The largest absolute Gasteiger partial charge is 0.341 e. The Kier molecular flexibility index (Phi) is 5.78. The maximum absolute atomic E-state index is 12.8. The van der Waals surface area contributed by atoms with Crippen molar-refractivity contribution in [3.8, 4) is 0 Å². The smallest absolute Gasteiger partial charge is 0.250 e. The topological polar surface area (TPSA) is 99.7 Å². The van der Waals surface area contributed by atoms with E-state index in [9.17, 15) is 18.0 Å². The summed E-state index contributed by atoms with van der Waals surface area (Å²) < 4.78 is 29.0. The van der Waals surface area contributed by atoms with E-state index >= 15 is 0 Å². The molecule has 2 amide bonds. The first-order valence-corrected chi connectivity index (χ1v) is 12.2. The summed E-state index contributed by atoms with van der Waals surface area (Å²) in [5, 5.41) is 0.285. The lowest BCUT2D eigenvalue weighted by molar-refractivity contribution is -0.142. The van der Waals surface area contributed by atoms with E-state index in [1.807, 2.05) is 0 Å². The van der Waals surface area contributed by atoms with E-state index < -0.39 is 16.1 Å². The Balaban J connectivity index is 1.46. The van der Waals surface area contributed by atoms with Crippen molar-refractivity contribution in [1.29, 1.82) is 0 Å². The number of thiophene rings is 1. The standard InChI is InChI=1S/C18H21ClN4O4S2/c19-15-6-5-14-13(20-15)10-17(28-14)29(26,27)21-12-4-3-9-23(18(12)25)11-16(24)22-7-1-2-8-22/h5-6,10,12,21H,1-4,7-9,11H2. The van der Waals surface area contributed by atoms with Gasteiger partial charge in [0.05, 0.1) is 16.8 Å². The van der Waals surface area contributed by atoms with E-state index in [-0.39, 0.29) is 27.7 Å². The number of piperidine rings is 1. The van der Waals surface area contributed by atoms with Crippen LogP contribution in [0.15, 0.2) is 22.4 Å². The number of carbonyl (C=O) groups excluding carboxylic acids is 2. The molecule has 2 fully saturated rings. The van der Waals surface area contributed by atoms with Gasteiger partial charge in [-0.2, -0.15) is 4.72 Å². The zero-order chi connectivity index (χ0) is 20.6. The van der Waals surface area contributed by atoms with Crippen molar-refractivity contribution in [3.05, 3.63) is 23.4 Å². The molecule has 4 heterocycles. The van der Waals surface area contributed by atoms with Gasteiger partial charge in [0.1, 0.15) is 15.4 Å². The Hall–Kier alpha value is -1.75. The van der Waals surface area contributed by atoms with Gasteiger partial charge in [-0.3, -0.25) is 9.59 Å². The molecule has 0 saturated carbocycles. The van der Waals surface area contributed by atoms with E-state index in [4.69, 9.17) is 11.6 Å². The monoisotopic (exact) mass is 456 g/mol. The number of amides is 2. The molecule has 0 aromatic carbocycles. The summed E-state index contributed by atoms with van der Waals surface area (Å²) in [6.07, 6.45) is 3.01. The van der Waals surface area contributed by atoms with Gasteiger partial charge in [-0.05, 0) is 43.9 Å². The van der Waals surface area contributed by atoms with E-state index in [1.54, 1.807) is 17.0 Å². The normalized spacial score (nSPS) is 20.6. The number of nitrogens with one attached hydrogen (secondary N) is 1. The summed E-state index contributed by atoms with van der Waals surface area (Å²) in [6, 6.07) is 3.90. The molecular weight excluding hydrogens is 436 g/mol. The fourth-order valence-corrected chi connectivity index (χ4v) is 6.41. The SMILES string of the molecule is O=C(CN1CCCC(NS(=O)(=O)c2cc3nc(Cl)ccc3s2)C1=O)N1CCCC1. The van der Waals surface area contributed by atoms with Crippen LogP contribution in [-0.4, -0.2) is 67.2 Å². The van der Waals surface area contributed by atoms with Gasteiger partial charge in [-0.1, -0.05) is 11.6 Å². The Morgan fingerprint density at radius 3 is 2.76 bits per heavy atom. The van der Waals surface area contributed by atoms with Gasteiger partial charge in [0.15, 0.2) is 0 Å². The summed E-state index contributed by atoms with van der Waals surface area (Å²) >= 11 is 6.94. The Morgan fingerprint density at radius 1 is 1.24 bits per heavy atom. The number of sulfonamides is 1. The van der Waals surface area contributed by atoms with Crippen molar-refractivity contribution < 1.29 is 18.0 Å². The fraction of sp³-hybridized carbons (Fsp3) is 0.500. The van der Waals surface area contributed by atoms with Crippen LogP contribution in [-0.2, 0) is 19.6 Å². The number of pyridine rings is 1. The summed E-state index contributed by atoms with van der Waals surface area (Å²) in [7, 11) is -3.89. The maximum Gasteiger partial charge on any atom is 0.250 e. The summed E-state index contributed by atoms with van der Waals surface area (Å²) in [5.41, 5.74) is 0.496. The van der Waals surface area contributed by atoms with E-state index in [0.717, 1.165) is 37.3 Å². The Bertz CT molecular complexity index is 1050. The van der Waals surface area contributed by atoms with Crippen LogP contribution in [0, 0.1) is 0 Å². The Labute approximate surface area is 177 Å². The van der Waals surface area contributed by atoms with Gasteiger partial charge in [0, 0.05) is 19.6 Å². The molecule has 2 aliphatic heterocycles. The number of nitrogens with zero attached hydrogens (tertiary/aromatic N) is 3. The summed E-state index contributed by atoms with van der Waals surface area (Å²) in [6.45, 7) is 1.91. The molecule has 0 bridgehead atoms. The second-order valence-electron chi connectivity index (χ2n) is 7.25. The predicted octanol–water partition coefficient (Wildman–Crippen LogP) is 1.84. The van der Waals surface area contributed by atoms with Crippen molar-refractivity contribution >= 4 is 55.0 Å². The predicted molar refractivity (Wildman–Crippen MR) is 110 cm³/mol. The average Bonchev–Trinajstić information content (AvgIpc) is 3.34. The number of hydrogen-bond donors (Lipinski definition) is 1. The fourth-order valence-electron chi connectivity index (χ4n) is 3.69. The van der Waals surface area contributed by atoms with Crippen molar-refractivity contribution in [2.75, 3.05) is 26.2 Å². The molecule has 1 unspecified atom stereocenters. The van der Waals surface area contributed by atoms with Crippen LogP contribution in [0.25, 0.3) is 10.2 Å². The number of fused-ring (bicyclic) bond motifs is 1. The highest BCUT2D eigenvalue weighted by Gasteiger charge is 2.34. The molecule has 0 radical (unpaired) electrons. The zero-order valence-electron chi connectivity index (χ0n) is 15.6. The van der Waals surface area contributed by atoms with Gasteiger partial charge >= 0.3 is 0 Å². The highest BCUT2D eigenvalue weighted by molar-refractivity contribution is 7.91. The lowest BCUT2D eigenvalue weighted by Crippen LogP contribution is -2.54. The first kappa shape index (κ1) is 20.5. The molecule has 1 N–H and O–H groups in total. The van der Waals surface area contributed by atoms with E-state index in [1.165, 1.54) is 11.0 Å². The molecule has 156 valence electrons. The van der Waals surface area contributed by atoms with Crippen LogP contribution >= 0.6 is 22.9 Å². The van der Waals surface area contributed by atoms with Crippen molar-refractivity contribution in [1.82, 2.24) is 19.5 Å². The second kappa shape index (κ2) is 8.17. The van der Waals surface area contributed by atoms with Crippen molar-refractivity contribution in [3.63, 3.8) is 0 Å². The molecule has 4 rings (SSSR count). The molecule has 2 saturated heterocycles. The van der Waals surface area contributed by atoms with Gasteiger partial charge in [-0.15, -0.1) is 11.3 Å². The molecule has 1 atom stereocenters. The molecule has 2 aromatic heterocycles. The average molecular weight is 457 g/mol. The number of rotatable bonds is 5. The quantitative estimate of drug-likeness (QED) is 0.692. The molecule has 2 aliphatic rings. The minimum atomic E-state index is -3.89. The molecule has 29 heavy (non-hydrogen) atoms. The molecule has 11 heteroatoms. The van der Waals surface area contributed by atoms with Crippen LogP contribution < -0.4 is 4.72 Å². The minimum Gasteiger partial charge on any atom is -0.341 e. The molecule has 0 spiro atoms. The first-order chi connectivity index (χ1) is 13.8. The van der Waals surface area contributed by atoms with E-state index in [2.05, 4.69) is 9.71 Å².